The average Bonchev–Trinajstić information content (AvgIpc) is 2.89. The first kappa shape index (κ1) is 20.6. The van der Waals surface area contributed by atoms with Crippen molar-refractivity contribution in [3.05, 3.63) is 52.2 Å². The highest BCUT2D eigenvalue weighted by atomic mass is 16.1. The van der Waals surface area contributed by atoms with Crippen molar-refractivity contribution in [1.29, 1.82) is 0 Å². The fourth-order valence-electron chi connectivity index (χ4n) is 3.99. The summed E-state index contributed by atoms with van der Waals surface area (Å²) in [6.45, 7) is 5.98. The van der Waals surface area contributed by atoms with Gasteiger partial charge in [-0.3, -0.25) is 14.2 Å². The number of nitrogen functional groups attached to an aromatic ring is 1. The first-order valence-corrected chi connectivity index (χ1v) is 9.87. The van der Waals surface area contributed by atoms with E-state index in [9.17, 15) is 9.59 Å². The summed E-state index contributed by atoms with van der Waals surface area (Å²) in [6, 6.07) is 3.36. The van der Waals surface area contributed by atoms with E-state index in [0.717, 1.165) is 30.5 Å². The minimum absolute atomic E-state index is 0.235. The summed E-state index contributed by atoms with van der Waals surface area (Å²) < 4.78 is 1.69. The first-order chi connectivity index (χ1) is 13.9. The number of nitrogens with two attached hydrogens (primary N) is 1. The van der Waals surface area contributed by atoms with E-state index in [2.05, 4.69) is 33.6 Å². The van der Waals surface area contributed by atoms with Gasteiger partial charge in [0.2, 0.25) is 6.41 Å². The highest BCUT2D eigenvalue weighted by Crippen LogP contribution is 2.33. The molecule has 2 aromatic heterocycles. The molecule has 3 rings (SSSR count). The number of amides is 1. The minimum Gasteiger partial charge on any atom is -0.384 e. The summed E-state index contributed by atoms with van der Waals surface area (Å²) in [5.41, 5.74) is 6.67. The van der Waals surface area contributed by atoms with Crippen molar-refractivity contribution in [3.63, 3.8) is 0 Å². The fraction of sp³-hybridized carbons (Fsp3) is 0.429. The van der Waals surface area contributed by atoms with Gasteiger partial charge in [-0.1, -0.05) is 19.4 Å². The van der Waals surface area contributed by atoms with Gasteiger partial charge in [0.1, 0.15) is 29.3 Å². The van der Waals surface area contributed by atoms with Crippen molar-refractivity contribution >= 4 is 23.7 Å². The molecule has 0 bridgehead atoms. The second-order valence-corrected chi connectivity index (χ2v) is 7.56. The van der Waals surface area contributed by atoms with Crippen molar-refractivity contribution in [2.75, 3.05) is 11.1 Å². The highest BCUT2D eigenvalue weighted by Gasteiger charge is 2.35. The number of pyridine rings is 1. The molecule has 0 saturated heterocycles. The van der Waals surface area contributed by atoms with Gasteiger partial charge in [0.15, 0.2) is 0 Å². The summed E-state index contributed by atoms with van der Waals surface area (Å²) in [7, 11) is 0. The Bertz CT molecular complexity index is 984. The lowest BCUT2D eigenvalue weighted by Crippen LogP contribution is -2.52. The number of nitrogens with zero attached hydrogens (tertiary/aromatic N) is 3. The number of carbonyl (C=O) groups is 1. The lowest BCUT2D eigenvalue weighted by Gasteiger charge is -2.36. The lowest BCUT2D eigenvalue weighted by atomic mass is 9.90. The number of nitrogens with one attached hydrogen (secondary N) is 2. The third kappa shape index (κ3) is 4.16. The standard InChI is InChI=1S/C21H28N6O2/c1-4-16-7-5-6-8-21(11-16,25-13-28)27-15(3)14(2)9-17(20(27)29)26-19-10-18(22)23-12-24-19/h6,8-10,12-13,16H,4-5,7,11H2,1-3H3,(H,25,28)(H3,22,23,24,26). The van der Waals surface area contributed by atoms with E-state index in [0.29, 0.717) is 36.1 Å². The Morgan fingerprint density at radius 3 is 2.83 bits per heavy atom. The number of aromatic nitrogens is 3. The predicted molar refractivity (Wildman–Crippen MR) is 114 cm³/mol. The number of rotatable bonds is 6. The molecule has 1 amide bonds. The lowest BCUT2D eigenvalue weighted by molar-refractivity contribution is -0.112. The highest BCUT2D eigenvalue weighted by molar-refractivity contribution is 5.59. The quantitative estimate of drug-likeness (QED) is 0.511. The summed E-state index contributed by atoms with van der Waals surface area (Å²) in [6.07, 6.45) is 9.61. The fourth-order valence-corrected chi connectivity index (χ4v) is 3.99. The summed E-state index contributed by atoms with van der Waals surface area (Å²) in [4.78, 5) is 33.1. The maximum Gasteiger partial charge on any atom is 0.276 e. The molecule has 1 aliphatic carbocycles. The van der Waals surface area contributed by atoms with Crippen LogP contribution in [-0.4, -0.2) is 20.9 Å². The van der Waals surface area contributed by atoms with Crippen LogP contribution in [0.4, 0.5) is 17.3 Å². The summed E-state index contributed by atoms with van der Waals surface area (Å²) in [5.74, 6) is 1.13. The zero-order chi connectivity index (χ0) is 21.0. The molecule has 2 heterocycles. The summed E-state index contributed by atoms with van der Waals surface area (Å²) in [5, 5.41) is 6.01. The van der Waals surface area contributed by atoms with Gasteiger partial charge in [-0.2, -0.15) is 0 Å². The number of hydrogen-bond donors (Lipinski definition) is 3. The number of anilines is 3. The Morgan fingerprint density at radius 1 is 1.34 bits per heavy atom. The average molecular weight is 396 g/mol. The van der Waals surface area contributed by atoms with Crippen LogP contribution in [0.2, 0.25) is 0 Å². The van der Waals surface area contributed by atoms with Crippen molar-refractivity contribution in [1.82, 2.24) is 19.9 Å². The Kier molecular flexibility index (Phi) is 6.00. The molecule has 1 aliphatic rings. The zero-order valence-electron chi connectivity index (χ0n) is 17.1. The molecular weight excluding hydrogens is 368 g/mol. The van der Waals surface area contributed by atoms with Crippen LogP contribution >= 0.6 is 0 Å². The molecule has 2 atom stereocenters. The molecule has 0 aromatic carbocycles. The number of aryl methyl sites for hydroxylation is 1. The third-order valence-electron chi connectivity index (χ3n) is 5.67. The molecule has 8 heteroatoms. The van der Waals surface area contributed by atoms with Crippen LogP contribution in [0, 0.1) is 19.8 Å². The first-order valence-electron chi connectivity index (χ1n) is 9.87. The van der Waals surface area contributed by atoms with E-state index >= 15 is 0 Å². The van der Waals surface area contributed by atoms with E-state index < -0.39 is 5.66 Å². The topological polar surface area (TPSA) is 115 Å². The van der Waals surface area contributed by atoms with Gasteiger partial charge in [-0.25, -0.2) is 9.97 Å². The molecule has 29 heavy (non-hydrogen) atoms. The largest absolute Gasteiger partial charge is 0.384 e. The molecule has 154 valence electrons. The number of carbonyl (C=O) groups excluding carboxylic acids is 1. The minimum atomic E-state index is -0.909. The van der Waals surface area contributed by atoms with E-state index in [4.69, 9.17) is 5.73 Å². The Balaban J connectivity index is 2.17. The monoisotopic (exact) mass is 396 g/mol. The van der Waals surface area contributed by atoms with Gasteiger partial charge in [-0.15, -0.1) is 0 Å². The molecule has 2 aromatic rings. The maximum absolute atomic E-state index is 13.6. The third-order valence-corrected chi connectivity index (χ3v) is 5.67. The van der Waals surface area contributed by atoms with Crippen LogP contribution < -0.4 is 21.9 Å². The number of hydrogen-bond acceptors (Lipinski definition) is 6. The maximum atomic E-state index is 13.6. The molecule has 2 unspecified atom stereocenters. The zero-order valence-corrected chi connectivity index (χ0v) is 17.1. The van der Waals surface area contributed by atoms with Crippen LogP contribution in [-0.2, 0) is 10.5 Å². The second-order valence-electron chi connectivity index (χ2n) is 7.56. The normalized spacial score (nSPS) is 21.4. The molecule has 4 N–H and O–H groups in total. The van der Waals surface area contributed by atoms with Crippen molar-refractivity contribution in [3.8, 4) is 0 Å². The molecule has 8 nitrogen and oxygen atoms in total. The van der Waals surface area contributed by atoms with Crippen LogP contribution in [0.15, 0.2) is 35.4 Å². The van der Waals surface area contributed by atoms with Crippen LogP contribution in [0.1, 0.15) is 43.9 Å². The predicted octanol–water partition coefficient (Wildman–Crippen LogP) is 2.75. The van der Waals surface area contributed by atoms with Crippen molar-refractivity contribution in [2.45, 2.75) is 52.1 Å². The van der Waals surface area contributed by atoms with Crippen LogP contribution in [0.3, 0.4) is 0 Å². The van der Waals surface area contributed by atoms with Crippen molar-refractivity contribution in [2.24, 2.45) is 5.92 Å². The van der Waals surface area contributed by atoms with Gasteiger partial charge < -0.3 is 16.4 Å². The van der Waals surface area contributed by atoms with Gasteiger partial charge in [0.05, 0.1) is 0 Å². The van der Waals surface area contributed by atoms with E-state index in [1.165, 1.54) is 6.33 Å². The smallest absolute Gasteiger partial charge is 0.276 e. The molecule has 0 spiro atoms. The van der Waals surface area contributed by atoms with Gasteiger partial charge in [0, 0.05) is 11.8 Å². The van der Waals surface area contributed by atoms with Gasteiger partial charge >= 0.3 is 0 Å². The van der Waals surface area contributed by atoms with Crippen LogP contribution in [0.5, 0.6) is 0 Å². The van der Waals surface area contributed by atoms with Crippen LogP contribution in [0.25, 0.3) is 0 Å². The van der Waals surface area contributed by atoms with Crippen molar-refractivity contribution < 1.29 is 4.79 Å². The Labute approximate surface area is 170 Å². The SMILES string of the molecule is CCC1CCC=CC(NC=O)(n2c(C)c(C)cc(Nc3cc(N)ncn3)c2=O)C1. The van der Waals surface area contributed by atoms with E-state index in [1.807, 2.05) is 19.9 Å². The summed E-state index contributed by atoms with van der Waals surface area (Å²) >= 11 is 0. The molecular formula is C21H28N6O2. The van der Waals surface area contributed by atoms with E-state index in [1.54, 1.807) is 16.7 Å². The number of allylic oxidation sites excluding steroid dienone is 1. The molecule has 0 fully saturated rings. The Hall–Kier alpha value is -3.16. The Morgan fingerprint density at radius 2 is 2.14 bits per heavy atom. The van der Waals surface area contributed by atoms with Gasteiger partial charge in [0.25, 0.3) is 5.56 Å². The second kappa shape index (κ2) is 8.46. The van der Waals surface area contributed by atoms with E-state index in [-0.39, 0.29) is 5.56 Å². The van der Waals surface area contributed by atoms with Gasteiger partial charge in [-0.05, 0) is 56.7 Å². The molecule has 0 aliphatic heterocycles. The molecule has 0 radical (unpaired) electrons. The molecule has 0 saturated carbocycles.